The van der Waals surface area contributed by atoms with Crippen LogP contribution < -0.4 is 11.0 Å². The van der Waals surface area contributed by atoms with Crippen LogP contribution in [0.1, 0.15) is 104 Å². The molecule has 0 aromatic heterocycles. The lowest BCUT2D eigenvalue weighted by atomic mass is 9.77. The van der Waals surface area contributed by atoms with Gasteiger partial charge in [-0.25, -0.2) is 0 Å². The molecule has 5 rings (SSSR count). The third kappa shape index (κ3) is 9.50. The van der Waals surface area contributed by atoms with E-state index in [4.69, 9.17) is 0 Å². The Bertz CT molecular complexity index is 1400. The number of fused-ring (bicyclic) bond motifs is 2. The molecule has 1 heterocycles. The molecule has 0 fully saturated rings. The summed E-state index contributed by atoms with van der Waals surface area (Å²) in [6.07, 6.45) is 11.0. The van der Waals surface area contributed by atoms with Crippen molar-refractivity contribution in [3.8, 4) is 11.1 Å². The van der Waals surface area contributed by atoms with Gasteiger partial charge in [-0.1, -0.05) is 179 Å². The van der Waals surface area contributed by atoms with E-state index in [1.807, 2.05) is 27.7 Å². The molecule has 3 aromatic rings. The van der Waals surface area contributed by atoms with Gasteiger partial charge in [0.05, 0.1) is 0 Å². The zero-order valence-corrected chi connectivity index (χ0v) is 30.8. The van der Waals surface area contributed by atoms with Gasteiger partial charge >= 0.3 is 0 Å². The standard InChI is InChI=1S/C23H27P.C14H16.2C2H6.CH5N/c1-6-17(4)14-19-15-22-20(16(2)3)12-13-21(23(22)24(19)5)18-10-8-7-9-11-18;1-11-7-6-9-12-8-4-5-10-13(12)14(11,2)3;3*1-2/h7-14,16H,4,6,15H2,1-3,5H3;4-10H,1-3H3;2*1-2H3;2H2,1H3/b19-14+;;;;. The minimum Gasteiger partial charge on any atom is -0.333 e. The summed E-state index contributed by atoms with van der Waals surface area (Å²) in [5.41, 5.74) is 15.9. The Morgan fingerprint density at radius 2 is 1.52 bits per heavy atom. The Morgan fingerprint density at radius 1 is 0.932 bits per heavy atom. The van der Waals surface area contributed by atoms with Gasteiger partial charge in [0.25, 0.3) is 0 Å². The van der Waals surface area contributed by atoms with Gasteiger partial charge in [0.2, 0.25) is 0 Å². The maximum absolute atomic E-state index is 4.50. The fourth-order valence-electron chi connectivity index (χ4n) is 5.47. The predicted molar refractivity (Wildman–Crippen MR) is 205 cm³/mol. The van der Waals surface area contributed by atoms with E-state index in [0.717, 1.165) is 12.8 Å². The van der Waals surface area contributed by atoms with Crippen LogP contribution in [-0.4, -0.2) is 13.7 Å². The van der Waals surface area contributed by atoms with Crippen LogP contribution in [0.3, 0.4) is 0 Å². The van der Waals surface area contributed by atoms with Crippen molar-refractivity contribution in [3.05, 3.63) is 130 Å². The summed E-state index contributed by atoms with van der Waals surface area (Å²) in [4.78, 5) is 0. The van der Waals surface area contributed by atoms with Gasteiger partial charge in [0, 0.05) is 5.41 Å². The van der Waals surface area contributed by atoms with Gasteiger partial charge in [-0.05, 0) is 83.4 Å². The zero-order valence-electron chi connectivity index (χ0n) is 29.9. The third-order valence-corrected chi connectivity index (χ3v) is 10.5. The summed E-state index contributed by atoms with van der Waals surface area (Å²) in [7, 11) is 1.23. The highest BCUT2D eigenvalue weighted by molar-refractivity contribution is 7.70. The molecule has 44 heavy (non-hydrogen) atoms. The smallest absolute Gasteiger partial charge is 0.0111 e. The molecule has 2 heteroatoms. The van der Waals surface area contributed by atoms with Crippen LogP contribution in [0.15, 0.2) is 108 Å². The van der Waals surface area contributed by atoms with E-state index in [9.17, 15) is 0 Å². The van der Waals surface area contributed by atoms with Crippen molar-refractivity contribution in [2.24, 2.45) is 5.73 Å². The van der Waals surface area contributed by atoms with Crippen molar-refractivity contribution in [1.29, 1.82) is 0 Å². The first kappa shape index (κ1) is 39.0. The number of rotatable bonds is 4. The first-order valence-corrected chi connectivity index (χ1v) is 18.3. The highest BCUT2D eigenvalue weighted by atomic mass is 31.1. The Hall–Kier alpha value is -2.99. The summed E-state index contributed by atoms with van der Waals surface area (Å²) in [5.74, 6) is 0.570. The van der Waals surface area contributed by atoms with Crippen LogP contribution >= 0.6 is 7.92 Å². The molecule has 1 unspecified atom stereocenters. The molecule has 1 atom stereocenters. The number of benzene rings is 3. The topological polar surface area (TPSA) is 26.0 Å². The van der Waals surface area contributed by atoms with Gasteiger partial charge in [0.1, 0.15) is 0 Å². The second-order valence-corrected chi connectivity index (χ2v) is 13.5. The molecule has 0 spiro atoms. The predicted octanol–water partition coefficient (Wildman–Crippen LogP) is 12.2. The fourth-order valence-corrected chi connectivity index (χ4v) is 7.71. The number of hydrogen-bond acceptors (Lipinski definition) is 1. The van der Waals surface area contributed by atoms with Crippen molar-refractivity contribution in [2.45, 2.75) is 93.4 Å². The molecule has 2 N–H and O–H groups in total. The normalized spacial score (nSPS) is 16.2. The molecule has 1 nitrogen and oxygen atoms in total. The Morgan fingerprint density at radius 3 is 2.11 bits per heavy atom. The first-order valence-electron chi connectivity index (χ1n) is 16.5. The van der Waals surface area contributed by atoms with E-state index in [1.165, 1.54) is 46.0 Å². The van der Waals surface area contributed by atoms with Crippen LogP contribution in [0.2, 0.25) is 0 Å². The van der Waals surface area contributed by atoms with Gasteiger partial charge in [-0.3, -0.25) is 0 Å². The first-order chi connectivity index (χ1) is 21.1. The van der Waals surface area contributed by atoms with Crippen molar-refractivity contribution in [3.63, 3.8) is 0 Å². The summed E-state index contributed by atoms with van der Waals surface area (Å²) < 4.78 is 0. The quantitative estimate of drug-likeness (QED) is 0.293. The Kier molecular flexibility index (Phi) is 17.2. The van der Waals surface area contributed by atoms with E-state index in [-0.39, 0.29) is 13.3 Å². The zero-order chi connectivity index (χ0) is 33.4. The van der Waals surface area contributed by atoms with E-state index >= 15 is 0 Å². The van der Waals surface area contributed by atoms with Crippen LogP contribution in [0.25, 0.3) is 17.2 Å². The number of allylic oxidation sites excluding steroid dienone is 6. The van der Waals surface area contributed by atoms with Crippen molar-refractivity contribution in [2.75, 3.05) is 13.7 Å². The van der Waals surface area contributed by atoms with E-state index in [1.54, 1.807) is 16.2 Å². The fraction of sp³-hybridized carbons (Fsp3) is 0.381. The van der Waals surface area contributed by atoms with Crippen molar-refractivity contribution >= 4 is 19.3 Å². The third-order valence-electron chi connectivity index (χ3n) is 8.22. The average molecular weight is 610 g/mol. The van der Waals surface area contributed by atoms with E-state index in [0.29, 0.717) is 5.92 Å². The summed E-state index contributed by atoms with van der Waals surface area (Å²) >= 11 is 0. The lowest BCUT2D eigenvalue weighted by Gasteiger charge is -2.27. The number of nitrogens with two attached hydrogens (primary N) is 1. The second kappa shape index (κ2) is 19.4. The average Bonchev–Trinajstić information content (AvgIpc) is 3.33. The molecule has 1 aliphatic carbocycles. The molecule has 0 radical (unpaired) electrons. The second-order valence-electron chi connectivity index (χ2n) is 11.4. The molecule has 0 saturated heterocycles. The molecular weight excluding hydrogens is 549 g/mol. The van der Waals surface area contributed by atoms with E-state index < -0.39 is 0 Å². The molecule has 238 valence electrons. The lowest BCUT2D eigenvalue weighted by Crippen LogP contribution is -2.19. The molecule has 3 aromatic carbocycles. The van der Waals surface area contributed by atoms with Crippen LogP contribution in [-0.2, 0) is 11.8 Å². The maximum atomic E-state index is 4.50. The summed E-state index contributed by atoms with van der Waals surface area (Å²) in [6.45, 7) is 28.2. The lowest BCUT2D eigenvalue weighted by molar-refractivity contribution is 0.623. The molecule has 1 aliphatic heterocycles. The highest BCUT2D eigenvalue weighted by Crippen LogP contribution is 2.52. The van der Waals surface area contributed by atoms with Crippen molar-refractivity contribution in [1.82, 2.24) is 0 Å². The van der Waals surface area contributed by atoms with Gasteiger partial charge in [-0.2, -0.15) is 0 Å². The summed E-state index contributed by atoms with van der Waals surface area (Å²) in [6, 6.07) is 24.2. The Balaban J connectivity index is 0.000000412. The summed E-state index contributed by atoms with van der Waals surface area (Å²) in [5, 5.41) is 3.18. The largest absolute Gasteiger partial charge is 0.333 e. The van der Waals surface area contributed by atoms with Gasteiger partial charge in [-0.15, -0.1) is 0 Å². The van der Waals surface area contributed by atoms with Gasteiger partial charge < -0.3 is 5.73 Å². The maximum Gasteiger partial charge on any atom is 0.0111 e. The van der Waals surface area contributed by atoms with Crippen LogP contribution in [0.4, 0.5) is 0 Å². The molecule has 2 aliphatic rings. The molecule has 0 amide bonds. The van der Waals surface area contributed by atoms with E-state index in [2.05, 4.69) is 152 Å². The minimum atomic E-state index is -0.268. The highest BCUT2D eigenvalue weighted by Gasteiger charge is 2.29. The Labute approximate surface area is 272 Å². The number of hydrogen-bond donors (Lipinski definition) is 1. The van der Waals surface area contributed by atoms with Crippen LogP contribution in [0.5, 0.6) is 0 Å². The van der Waals surface area contributed by atoms with Crippen molar-refractivity contribution < 1.29 is 0 Å². The van der Waals surface area contributed by atoms with Crippen LogP contribution in [0, 0.1) is 0 Å². The molecule has 0 bridgehead atoms. The van der Waals surface area contributed by atoms with Gasteiger partial charge in [0.15, 0.2) is 0 Å². The minimum absolute atomic E-state index is 0.153. The SMILES string of the molecule is C=C(/C=C1\Cc2c(C(C)C)ccc(-c3ccccc3)c2P1C)CC.CC.CC.CC1=CC=Cc2ccccc2C1(C)C.CN. The molecular formula is C42H60NP. The molecule has 0 saturated carbocycles. The monoisotopic (exact) mass is 609 g/mol.